The van der Waals surface area contributed by atoms with Crippen LogP contribution in [0.1, 0.15) is 33.5 Å². The maximum atomic E-state index is 13.3. The molecule has 0 saturated carbocycles. The Bertz CT molecular complexity index is 1000. The second-order valence-corrected chi connectivity index (χ2v) is 5.94. The second-order valence-electron chi connectivity index (χ2n) is 5.94. The van der Waals surface area contributed by atoms with Gasteiger partial charge in [0, 0.05) is 22.6 Å². The summed E-state index contributed by atoms with van der Waals surface area (Å²) in [6.07, 6.45) is 0. The summed E-state index contributed by atoms with van der Waals surface area (Å²) in [4.78, 5) is 32.2. The first-order valence-corrected chi connectivity index (χ1v) is 8.21. The van der Waals surface area contributed by atoms with Crippen LogP contribution in [0, 0.1) is 12.7 Å². The third-order valence-electron chi connectivity index (χ3n) is 3.72. The van der Waals surface area contributed by atoms with Gasteiger partial charge >= 0.3 is 0 Å². The van der Waals surface area contributed by atoms with Crippen LogP contribution in [0.4, 0.5) is 21.7 Å². The van der Waals surface area contributed by atoms with Crippen molar-refractivity contribution >= 4 is 29.0 Å². The van der Waals surface area contributed by atoms with Gasteiger partial charge < -0.3 is 10.6 Å². The average molecular weight is 364 g/mol. The maximum Gasteiger partial charge on any atom is 0.274 e. The minimum Gasteiger partial charge on any atom is -0.324 e. The first-order chi connectivity index (χ1) is 12.9. The van der Waals surface area contributed by atoms with Crippen molar-refractivity contribution in [2.75, 3.05) is 10.6 Å². The van der Waals surface area contributed by atoms with Gasteiger partial charge in [-0.3, -0.25) is 9.59 Å². The van der Waals surface area contributed by atoms with Crippen molar-refractivity contribution in [1.82, 2.24) is 9.97 Å². The summed E-state index contributed by atoms with van der Waals surface area (Å²) in [6.45, 7) is 3.24. The topological polar surface area (TPSA) is 84.0 Å². The number of hydrogen-bond acceptors (Lipinski definition) is 5. The third-order valence-corrected chi connectivity index (χ3v) is 3.72. The molecule has 0 unspecified atom stereocenters. The van der Waals surface area contributed by atoms with Gasteiger partial charge in [0.25, 0.3) is 5.91 Å². The smallest absolute Gasteiger partial charge is 0.274 e. The Hall–Kier alpha value is -3.61. The Morgan fingerprint density at radius 1 is 0.963 bits per heavy atom. The van der Waals surface area contributed by atoms with Gasteiger partial charge in [0.1, 0.15) is 11.5 Å². The van der Waals surface area contributed by atoms with Crippen molar-refractivity contribution in [3.05, 3.63) is 77.4 Å². The van der Waals surface area contributed by atoms with E-state index in [-0.39, 0.29) is 17.4 Å². The molecule has 27 heavy (non-hydrogen) atoms. The van der Waals surface area contributed by atoms with E-state index >= 15 is 0 Å². The molecule has 1 amide bonds. The summed E-state index contributed by atoms with van der Waals surface area (Å²) < 4.78 is 13.3. The van der Waals surface area contributed by atoms with Gasteiger partial charge in [-0.25, -0.2) is 14.4 Å². The van der Waals surface area contributed by atoms with Gasteiger partial charge in [-0.2, -0.15) is 0 Å². The van der Waals surface area contributed by atoms with Gasteiger partial charge in [-0.05, 0) is 62.4 Å². The number of nitrogens with zero attached hydrogens (tertiary/aromatic N) is 2. The number of ketones is 1. The van der Waals surface area contributed by atoms with E-state index in [1.54, 1.807) is 43.3 Å². The number of aryl methyl sites for hydroxylation is 1. The first kappa shape index (κ1) is 18.2. The molecule has 1 aromatic heterocycles. The van der Waals surface area contributed by atoms with Crippen LogP contribution in [0.2, 0.25) is 0 Å². The molecule has 6 nitrogen and oxygen atoms in total. The van der Waals surface area contributed by atoms with Gasteiger partial charge in [-0.1, -0.05) is 6.07 Å². The molecule has 0 bridgehead atoms. The molecule has 0 saturated heterocycles. The SMILES string of the molecule is CC(=O)c1ccc(Nc2nc(C)cc(C(=O)Nc3cccc(F)c3)n2)cc1. The summed E-state index contributed by atoms with van der Waals surface area (Å²) in [5.74, 6) is -0.691. The number of nitrogens with one attached hydrogen (secondary N) is 2. The number of anilines is 3. The normalized spacial score (nSPS) is 10.3. The van der Waals surface area contributed by atoms with E-state index in [2.05, 4.69) is 20.6 Å². The minimum absolute atomic E-state index is 0.0235. The monoisotopic (exact) mass is 364 g/mol. The standard InChI is InChI=1S/C20H17FN4O2/c1-12-10-18(19(27)23-17-5-3-4-15(21)11-17)25-20(22-12)24-16-8-6-14(7-9-16)13(2)26/h3-11H,1-2H3,(H,23,27)(H,22,24,25). The molecular formula is C20H17FN4O2. The van der Waals surface area contributed by atoms with Gasteiger partial charge in [-0.15, -0.1) is 0 Å². The molecule has 3 aromatic rings. The van der Waals surface area contributed by atoms with Crippen LogP contribution in [-0.2, 0) is 0 Å². The number of benzene rings is 2. The Kier molecular flexibility index (Phi) is 5.21. The fraction of sp³-hybridized carbons (Fsp3) is 0.100. The number of rotatable bonds is 5. The minimum atomic E-state index is -0.471. The number of carbonyl (C=O) groups excluding carboxylic acids is 2. The van der Waals surface area contributed by atoms with Crippen LogP contribution in [0.15, 0.2) is 54.6 Å². The molecular weight excluding hydrogens is 347 g/mol. The van der Waals surface area contributed by atoms with E-state index in [1.807, 2.05) is 0 Å². The molecule has 136 valence electrons. The van der Waals surface area contributed by atoms with Crippen LogP contribution in [0.5, 0.6) is 0 Å². The Balaban J connectivity index is 1.79. The molecule has 2 aromatic carbocycles. The summed E-state index contributed by atoms with van der Waals surface area (Å²) in [7, 11) is 0. The van der Waals surface area contributed by atoms with E-state index in [0.29, 0.717) is 22.6 Å². The van der Waals surface area contributed by atoms with Crippen molar-refractivity contribution in [3.8, 4) is 0 Å². The van der Waals surface area contributed by atoms with E-state index in [0.717, 1.165) is 0 Å². The summed E-state index contributed by atoms with van der Waals surface area (Å²) in [5.41, 5.74) is 2.36. The molecule has 0 aliphatic heterocycles. The number of halogens is 1. The number of Topliss-reactive ketones (excluding diaryl/α,β-unsaturated/α-hetero) is 1. The molecule has 7 heteroatoms. The highest BCUT2D eigenvalue weighted by Gasteiger charge is 2.12. The Morgan fingerprint density at radius 3 is 2.37 bits per heavy atom. The van der Waals surface area contributed by atoms with Crippen molar-refractivity contribution in [2.45, 2.75) is 13.8 Å². The van der Waals surface area contributed by atoms with Crippen LogP contribution < -0.4 is 10.6 Å². The Morgan fingerprint density at radius 2 is 1.70 bits per heavy atom. The lowest BCUT2D eigenvalue weighted by atomic mass is 10.1. The van der Waals surface area contributed by atoms with E-state index < -0.39 is 11.7 Å². The lowest BCUT2D eigenvalue weighted by Gasteiger charge is -2.09. The molecule has 0 atom stereocenters. The highest BCUT2D eigenvalue weighted by Crippen LogP contribution is 2.16. The lowest BCUT2D eigenvalue weighted by molar-refractivity contribution is 0.101. The number of aromatic nitrogens is 2. The highest BCUT2D eigenvalue weighted by molar-refractivity contribution is 6.03. The van der Waals surface area contributed by atoms with Gasteiger partial charge in [0.05, 0.1) is 0 Å². The van der Waals surface area contributed by atoms with E-state index in [1.165, 1.54) is 25.1 Å². The predicted molar refractivity (Wildman–Crippen MR) is 101 cm³/mol. The van der Waals surface area contributed by atoms with Crippen LogP contribution >= 0.6 is 0 Å². The van der Waals surface area contributed by atoms with Crippen LogP contribution in [0.25, 0.3) is 0 Å². The lowest BCUT2D eigenvalue weighted by Crippen LogP contribution is -2.15. The quantitative estimate of drug-likeness (QED) is 0.665. The fourth-order valence-electron chi connectivity index (χ4n) is 2.42. The van der Waals surface area contributed by atoms with Crippen molar-refractivity contribution < 1.29 is 14.0 Å². The van der Waals surface area contributed by atoms with Crippen LogP contribution in [0.3, 0.4) is 0 Å². The fourth-order valence-corrected chi connectivity index (χ4v) is 2.42. The maximum absolute atomic E-state index is 13.3. The van der Waals surface area contributed by atoms with Gasteiger partial charge in [0.2, 0.25) is 5.95 Å². The Labute approximate surface area is 155 Å². The zero-order chi connectivity index (χ0) is 19.4. The first-order valence-electron chi connectivity index (χ1n) is 8.21. The summed E-state index contributed by atoms with van der Waals surface area (Å²) >= 11 is 0. The van der Waals surface area contributed by atoms with Crippen molar-refractivity contribution in [1.29, 1.82) is 0 Å². The summed E-state index contributed by atoms with van der Waals surface area (Å²) in [6, 6.07) is 14.0. The molecule has 0 aliphatic rings. The number of hydrogen-bond donors (Lipinski definition) is 2. The third kappa shape index (κ3) is 4.72. The van der Waals surface area contributed by atoms with Crippen molar-refractivity contribution in [3.63, 3.8) is 0 Å². The summed E-state index contributed by atoms with van der Waals surface area (Å²) in [5, 5.41) is 5.61. The average Bonchev–Trinajstić information content (AvgIpc) is 2.61. The molecule has 1 heterocycles. The molecule has 3 rings (SSSR count). The zero-order valence-electron chi connectivity index (χ0n) is 14.8. The van der Waals surface area contributed by atoms with Crippen molar-refractivity contribution in [2.24, 2.45) is 0 Å². The second kappa shape index (κ2) is 7.74. The molecule has 0 aliphatic carbocycles. The van der Waals surface area contributed by atoms with Gasteiger partial charge in [0.15, 0.2) is 5.78 Å². The molecule has 0 spiro atoms. The number of amides is 1. The molecule has 2 N–H and O–H groups in total. The zero-order valence-corrected chi connectivity index (χ0v) is 14.8. The van der Waals surface area contributed by atoms with Crippen LogP contribution in [-0.4, -0.2) is 21.7 Å². The largest absolute Gasteiger partial charge is 0.324 e. The van der Waals surface area contributed by atoms with E-state index in [9.17, 15) is 14.0 Å². The predicted octanol–water partition coefficient (Wildman–Crippen LogP) is 4.12. The highest BCUT2D eigenvalue weighted by atomic mass is 19.1. The molecule has 0 radical (unpaired) electrons. The van der Waals surface area contributed by atoms with E-state index in [4.69, 9.17) is 0 Å². The molecule has 0 fully saturated rings. The number of carbonyl (C=O) groups is 2.